The Labute approximate surface area is 161 Å². The molecular weight excluding hydrogens is 343 g/mol. The van der Waals surface area contributed by atoms with Crippen LogP contribution in [-0.4, -0.2) is 55.3 Å². The molecule has 1 aromatic carbocycles. The van der Waals surface area contributed by atoms with E-state index in [2.05, 4.69) is 14.7 Å². The highest BCUT2D eigenvalue weighted by atomic mass is 19.1. The number of guanidine groups is 1. The minimum absolute atomic E-state index is 0.289. The Morgan fingerprint density at radius 3 is 2.41 bits per heavy atom. The zero-order valence-electron chi connectivity index (χ0n) is 16.4. The lowest BCUT2D eigenvalue weighted by Crippen LogP contribution is -2.56. The molecule has 0 bridgehead atoms. The van der Waals surface area contributed by atoms with Crippen LogP contribution >= 0.6 is 0 Å². The molecule has 4 rings (SSSR count). The smallest absolute Gasteiger partial charge is 0.200 e. The Kier molecular flexibility index (Phi) is 5.69. The first-order valence-corrected chi connectivity index (χ1v) is 10.4. The molecule has 2 heterocycles. The second-order valence-electron chi connectivity index (χ2n) is 7.91. The normalized spacial score (nSPS) is 22.0. The van der Waals surface area contributed by atoms with Crippen molar-refractivity contribution in [2.24, 2.45) is 4.99 Å². The molecule has 6 heteroatoms. The van der Waals surface area contributed by atoms with Crippen molar-refractivity contribution >= 4 is 11.6 Å². The quantitative estimate of drug-likeness (QED) is 0.747. The number of benzene rings is 1. The van der Waals surface area contributed by atoms with E-state index in [-0.39, 0.29) is 11.6 Å². The number of nitrogens with zero attached hydrogens (tertiary/aromatic N) is 4. The minimum atomic E-state index is -0.315. The molecule has 0 spiro atoms. The van der Waals surface area contributed by atoms with Gasteiger partial charge in [0.15, 0.2) is 17.5 Å². The SMILES string of the molecule is COc1ccc(N2CN=C(N3CCCC3)N(C3CCCCCC3)C2)cc1F. The number of halogens is 1. The van der Waals surface area contributed by atoms with E-state index in [4.69, 9.17) is 9.73 Å². The first kappa shape index (κ1) is 18.4. The molecule has 1 saturated heterocycles. The Morgan fingerprint density at radius 2 is 1.74 bits per heavy atom. The van der Waals surface area contributed by atoms with Crippen molar-refractivity contribution < 1.29 is 9.13 Å². The van der Waals surface area contributed by atoms with Crippen LogP contribution < -0.4 is 9.64 Å². The van der Waals surface area contributed by atoms with Gasteiger partial charge in [0, 0.05) is 30.9 Å². The van der Waals surface area contributed by atoms with E-state index in [1.807, 2.05) is 6.07 Å². The van der Waals surface area contributed by atoms with Gasteiger partial charge in [0.05, 0.1) is 13.8 Å². The molecule has 1 aliphatic carbocycles. The molecule has 5 nitrogen and oxygen atoms in total. The van der Waals surface area contributed by atoms with Gasteiger partial charge in [-0.15, -0.1) is 0 Å². The van der Waals surface area contributed by atoms with Crippen LogP contribution in [0.5, 0.6) is 5.75 Å². The van der Waals surface area contributed by atoms with Gasteiger partial charge >= 0.3 is 0 Å². The fraction of sp³-hybridized carbons (Fsp3) is 0.667. The Bertz CT molecular complexity index is 666. The molecule has 3 aliphatic rings. The molecule has 0 aromatic heterocycles. The summed E-state index contributed by atoms with van der Waals surface area (Å²) in [6.07, 6.45) is 10.3. The summed E-state index contributed by atoms with van der Waals surface area (Å²) in [5, 5.41) is 0. The molecule has 0 radical (unpaired) electrons. The van der Waals surface area contributed by atoms with Gasteiger partial charge < -0.3 is 19.4 Å². The Hall–Kier alpha value is -1.98. The van der Waals surface area contributed by atoms with Crippen molar-refractivity contribution in [3.05, 3.63) is 24.0 Å². The molecule has 0 atom stereocenters. The van der Waals surface area contributed by atoms with Gasteiger partial charge in [-0.3, -0.25) is 0 Å². The van der Waals surface area contributed by atoms with E-state index in [0.717, 1.165) is 25.4 Å². The minimum Gasteiger partial charge on any atom is -0.494 e. The van der Waals surface area contributed by atoms with E-state index in [9.17, 15) is 4.39 Å². The lowest BCUT2D eigenvalue weighted by molar-refractivity contribution is 0.236. The van der Waals surface area contributed by atoms with Crippen molar-refractivity contribution in [3.8, 4) is 5.75 Å². The zero-order chi connectivity index (χ0) is 18.6. The zero-order valence-corrected chi connectivity index (χ0v) is 16.4. The summed E-state index contributed by atoms with van der Waals surface area (Å²) in [6, 6.07) is 5.75. The molecule has 148 valence electrons. The highest BCUT2D eigenvalue weighted by molar-refractivity contribution is 5.82. The number of methoxy groups -OCH3 is 1. The predicted octanol–water partition coefficient (Wildman–Crippen LogP) is 4.05. The molecule has 1 aromatic rings. The fourth-order valence-corrected chi connectivity index (χ4v) is 4.59. The summed E-state index contributed by atoms with van der Waals surface area (Å²) in [5.74, 6) is 1.15. The maximum atomic E-state index is 14.2. The van der Waals surface area contributed by atoms with Gasteiger partial charge in [0.25, 0.3) is 0 Å². The molecular formula is C21H31FN4O. The van der Waals surface area contributed by atoms with E-state index in [1.165, 1.54) is 64.4 Å². The third kappa shape index (κ3) is 3.99. The highest BCUT2D eigenvalue weighted by Crippen LogP contribution is 2.29. The molecule has 0 amide bonds. The number of anilines is 1. The summed E-state index contributed by atoms with van der Waals surface area (Å²) in [6.45, 7) is 3.59. The monoisotopic (exact) mass is 374 g/mol. The molecule has 0 N–H and O–H groups in total. The average Bonchev–Trinajstić information content (AvgIpc) is 3.09. The third-order valence-corrected chi connectivity index (χ3v) is 6.12. The van der Waals surface area contributed by atoms with Crippen molar-refractivity contribution in [3.63, 3.8) is 0 Å². The number of ether oxygens (including phenoxy) is 1. The molecule has 2 aliphatic heterocycles. The number of rotatable bonds is 3. The van der Waals surface area contributed by atoms with E-state index >= 15 is 0 Å². The van der Waals surface area contributed by atoms with Crippen molar-refractivity contribution in [1.82, 2.24) is 9.80 Å². The summed E-state index contributed by atoms with van der Waals surface area (Å²) in [7, 11) is 1.50. The van der Waals surface area contributed by atoms with Gasteiger partial charge in [-0.25, -0.2) is 9.38 Å². The van der Waals surface area contributed by atoms with Gasteiger partial charge in [0.2, 0.25) is 0 Å². The summed E-state index contributed by atoms with van der Waals surface area (Å²) in [4.78, 5) is 12.1. The molecule has 27 heavy (non-hydrogen) atoms. The number of likely N-dealkylation sites (tertiary alicyclic amines) is 1. The fourth-order valence-electron chi connectivity index (χ4n) is 4.59. The van der Waals surface area contributed by atoms with Crippen LogP contribution in [0.1, 0.15) is 51.4 Å². The lowest BCUT2D eigenvalue weighted by Gasteiger charge is -2.44. The van der Waals surface area contributed by atoms with Crippen LogP contribution in [0.25, 0.3) is 0 Å². The van der Waals surface area contributed by atoms with Crippen LogP contribution in [-0.2, 0) is 0 Å². The predicted molar refractivity (Wildman–Crippen MR) is 107 cm³/mol. The molecule has 2 fully saturated rings. The van der Waals surface area contributed by atoms with Gasteiger partial charge in [-0.05, 0) is 37.8 Å². The summed E-state index contributed by atoms with van der Waals surface area (Å²) in [5.41, 5.74) is 0.871. The first-order valence-electron chi connectivity index (χ1n) is 10.4. The topological polar surface area (TPSA) is 31.3 Å². The van der Waals surface area contributed by atoms with Crippen molar-refractivity contribution in [2.45, 2.75) is 57.4 Å². The van der Waals surface area contributed by atoms with E-state index in [0.29, 0.717) is 12.7 Å². The van der Waals surface area contributed by atoms with Gasteiger partial charge in [-0.2, -0.15) is 0 Å². The Morgan fingerprint density at radius 1 is 1.00 bits per heavy atom. The average molecular weight is 375 g/mol. The number of hydrogen-bond donors (Lipinski definition) is 0. The van der Waals surface area contributed by atoms with E-state index < -0.39 is 0 Å². The second kappa shape index (κ2) is 8.36. The van der Waals surface area contributed by atoms with Gasteiger partial charge in [0.1, 0.15) is 6.67 Å². The Balaban J connectivity index is 1.58. The van der Waals surface area contributed by atoms with Crippen LogP contribution in [0.15, 0.2) is 23.2 Å². The van der Waals surface area contributed by atoms with E-state index in [1.54, 1.807) is 12.1 Å². The lowest BCUT2D eigenvalue weighted by atomic mass is 10.1. The number of hydrogen-bond acceptors (Lipinski definition) is 5. The van der Waals surface area contributed by atoms with Gasteiger partial charge in [-0.1, -0.05) is 25.7 Å². The van der Waals surface area contributed by atoms with Crippen molar-refractivity contribution in [2.75, 3.05) is 38.4 Å². The maximum absolute atomic E-state index is 14.2. The van der Waals surface area contributed by atoms with Crippen molar-refractivity contribution in [1.29, 1.82) is 0 Å². The summed E-state index contributed by atoms with van der Waals surface area (Å²) >= 11 is 0. The van der Waals surface area contributed by atoms with Crippen LogP contribution in [0.4, 0.5) is 10.1 Å². The largest absolute Gasteiger partial charge is 0.494 e. The van der Waals surface area contributed by atoms with Crippen LogP contribution in [0, 0.1) is 5.82 Å². The number of aliphatic imine (C=N–C) groups is 1. The third-order valence-electron chi connectivity index (χ3n) is 6.12. The van der Waals surface area contributed by atoms with Crippen LogP contribution in [0.3, 0.4) is 0 Å². The van der Waals surface area contributed by atoms with Crippen LogP contribution in [0.2, 0.25) is 0 Å². The first-order chi connectivity index (χ1) is 13.3. The maximum Gasteiger partial charge on any atom is 0.200 e. The second-order valence-corrected chi connectivity index (χ2v) is 7.91. The summed E-state index contributed by atoms with van der Waals surface area (Å²) < 4.78 is 19.3. The highest BCUT2D eigenvalue weighted by Gasteiger charge is 2.32. The standard InChI is InChI=1S/C21H31FN4O/c1-27-20-11-10-18(14-19(20)22)25-15-23-21(24-12-6-7-13-24)26(16-25)17-8-4-2-3-5-9-17/h10-11,14,17H,2-9,12-13,15-16H2,1H3. The molecule has 1 saturated carbocycles. The molecule has 0 unspecified atom stereocenters.